The number of aryl methyl sites for hydroxylation is 1. The number of amides is 1. The monoisotopic (exact) mass is 412 g/mol. The molecule has 1 amide bonds. The van der Waals surface area contributed by atoms with Crippen molar-refractivity contribution in [2.45, 2.75) is 32.4 Å². The van der Waals surface area contributed by atoms with E-state index in [0.717, 1.165) is 20.8 Å². The van der Waals surface area contributed by atoms with E-state index in [1.54, 1.807) is 24.3 Å². The first-order chi connectivity index (χ1) is 14.1. The number of carbonyl (C=O) groups excluding carboxylic acids is 2. The number of nitrogens with one attached hydrogen (secondary N) is 1. The van der Waals surface area contributed by atoms with Gasteiger partial charge in [0.05, 0.1) is 21.6 Å². The number of benzene rings is 2. The van der Waals surface area contributed by atoms with Gasteiger partial charge in [0.2, 0.25) is 6.79 Å². The van der Waals surface area contributed by atoms with Crippen molar-refractivity contribution in [3.63, 3.8) is 0 Å². The molecular formula is C21H20N2O5S. The number of thiazole rings is 1. The van der Waals surface area contributed by atoms with Crippen LogP contribution in [-0.2, 0) is 27.3 Å². The van der Waals surface area contributed by atoms with Gasteiger partial charge < -0.3 is 19.5 Å². The zero-order valence-corrected chi connectivity index (χ0v) is 16.7. The van der Waals surface area contributed by atoms with Gasteiger partial charge in [0, 0.05) is 13.0 Å². The van der Waals surface area contributed by atoms with Crippen molar-refractivity contribution in [2.75, 3.05) is 6.79 Å². The minimum Gasteiger partial charge on any atom is -0.454 e. The number of fused-ring (bicyclic) bond motifs is 2. The van der Waals surface area contributed by atoms with Crippen LogP contribution < -0.4 is 14.8 Å². The number of nitrogens with zero attached hydrogens (tertiary/aromatic N) is 1. The lowest BCUT2D eigenvalue weighted by molar-refractivity contribution is -0.154. The van der Waals surface area contributed by atoms with Crippen molar-refractivity contribution < 1.29 is 23.8 Å². The lowest BCUT2D eigenvalue weighted by Gasteiger charge is -2.13. The maximum absolute atomic E-state index is 12.2. The van der Waals surface area contributed by atoms with Gasteiger partial charge in [0.1, 0.15) is 0 Å². The van der Waals surface area contributed by atoms with E-state index in [9.17, 15) is 9.59 Å². The third-order valence-corrected chi connectivity index (χ3v) is 5.56. The van der Waals surface area contributed by atoms with Crippen molar-refractivity contribution in [3.8, 4) is 11.5 Å². The molecule has 0 aliphatic carbocycles. The number of carbonyl (C=O) groups is 2. The molecule has 29 heavy (non-hydrogen) atoms. The van der Waals surface area contributed by atoms with Crippen molar-refractivity contribution in [1.82, 2.24) is 10.3 Å². The number of rotatable bonds is 7. The van der Waals surface area contributed by atoms with Gasteiger partial charge in [-0.25, -0.2) is 4.98 Å². The molecule has 1 aliphatic rings. The second-order valence-electron chi connectivity index (χ2n) is 6.61. The van der Waals surface area contributed by atoms with E-state index >= 15 is 0 Å². The van der Waals surface area contributed by atoms with Gasteiger partial charge >= 0.3 is 5.97 Å². The predicted octanol–water partition coefficient (Wildman–Crippen LogP) is 3.21. The molecule has 1 unspecified atom stereocenters. The van der Waals surface area contributed by atoms with Crippen LogP contribution in [-0.4, -0.2) is 29.8 Å². The molecule has 0 bridgehead atoms. The van der Waals surface area contributed by atoms with Crippen LogP contribution in [0, 0.1) is 0 Å². The van der Waals surface area contributed by atoms with Crippen molar-refractivity contribution in [2.24, 2.45) is 0 Å². The topological polar surface area (TPSA) is 86.8 Å². The Hall–Kier alpha value is -3.13. The highest BCUT2D eigenvalue weighted by Crippen LogP contribution is 2.32. The maximum Gasteiger partial charge on any atom is 0.306 e. The summed E-state index contributed by atoms with van der Waals surface area (Å²) in [6.07, 6.45) is -0.199. The first kappa shape index (κ1) is 19.2. The lowest BCUT2D eigenvalue weighted by Crippen LogP contribution is -2.35. The zero-order chi connectivity index (χ0) is 20.2. The first-order valence-electron chi connectivity index (χ1n) is 9.28. The van der Waals surface area contributed by atoms with E-state index < -0.39 is 12.1 Å². The van der Waals surface area contributed by atoms with Gasteiger partial charge in [-0.1, -0.05) is 18.2 Å². The summed E-state index contributed by atoms with van der Waals surface area (Å²) in [6, 6.07) is 13.3. The Labute approximate surface area is 171 Å². The second kappa shape index (κ2) is 8.48. The molecule has 0 spiro atoms. The average molecular weight is 412 g/mol. The van der Waals surface area contributed by atoms with Crippen LogP contribution in [0.4, 0.5) is 0 Å². The number of aromatic nitrogens is 1. The second-order valence-corrected chi connectivity index (χ2v) is 7.73. The van der Waals surface area contributed by atoms with Crippen molar-refractivity contribution in [1.29, 1.82) is 0 Å². The van der Waals surface area contributed by atoms with E-state index in [0.29, 0.717) is 24.5 Å². The normalized spacial score (nSPS) is 13.3. The largest absolute Gasteiger partial charge is 0.454 e. The van der Waals surface area contributed by atoms with Crippen LogP contribution >= 0.6 is 11.3 Å². The van der Waals surface area contributed by atoms with Crippen LogP contribution in [0.1, 0.15) is 23.9 Å². The fourth-order valence-electron chi connectivity index (χ4n) is 2.93. The number of esters is 1. The number of hydrogen-bond donors (Lipinski definition) is 1. The zero-order valence-electron chi connectivity index (χ0n) is 15.8. The molecule has 1 aliphatic heterocycles. The van der Waals surface area contributed by atoms with Gasteiger partial charge in [0.15, 0.2) is 17.6 Å². The van der Waals surface area contributed by atoms with E-state index in [4.69, 9.17) is 14.2 Å². The van der Waals surface area contributed by atoms with E-state index in [2.05, 4.69) is 10.3 Å². The smallest absolute Gasteiger partial charge is 0.306 e. The highest BCUT2D eigenvalue weighted by molar-refractivity contribution is 7.18. The van der Waals surface area contributed by atoms with E-state index in [1.165, 1.54) is 0 Å². The molecule has 150 valence electrons. The molecule has 0 saturated carbocycles. The molecule has 1 atom stereocenters. The molecule has 7 nitrogen and oxygen atoms in total. The quantitative estimate of drug-likeness (QED) is 0.600. The molecule has 0 radical (unpaired) electrons. The van der Waals surface area contributed by atoms with Gasteiger partial charge in [-0.05, 0) is 36.8 Å². The van der Waals surface area contributed by atoms with Crippen LogP contribution in [0.25, 0.3) is 10.2 Å². The van der Waals surface area contributed by atoms with E-state index in [1.807, 2.05) is 36.4 Å². The minimum absolute atomic E-state index is 0.180. The Morgan fingerprint density at radius 1 is 1.21 bits per heavy atom. The van der Waals surface area contributed by atoms with Crippen LogP contribution in [0.5, 0.6) is 11.5 Å². The standard InChI is InChI=1S/C21H20N2O5S/c1-13(21(25)22-11-14-6-7-16-17(10-14)27-12-26-16)28-20(24)9-8-19-23-15-4-2-3-5-18(15)29-19/h2-7,10,13H,8-9,11-12H2,1H3,(H,22,25). The summed E-state index contributed by atoms with van der Waals surface area (Å²) in [5, 5.41) is 3.64. The van der Waals surface area contributed by atoms with Gasteiger partial charge in [-0.3, -0.25) is 9.59 Å². The van der Waals surface area contributed by atoms with Crippen molar-refractivity contribution in [3.05, 3.63) is 53.0 Å². The fraction of sp³-hybridized carbons (Fsp3) is 0.286. The molecule has 2 aromatic carbocycles. The molecule has 8 heteroatoms. The Morgan fingerprint density at radius 2 is 2.03 bits per heavy atom. The summed E-state index contributed by atoms with van der Waals surface area (Å²) in [5.41, 5.74) is 1.80. The molecule has 4 rings (SSSR count). The molecule has 1 aromatic heterocycles. The lowest BCUT2D eigenvalue weighted by atomic mass is 10.2. The number of para-hydroxylation sites is 1. The third-order valence-electron chi connectivity index (χ3n) is 4.46. The van der Waals surface area contributed by atoms with Gasteiger partial charge in [-0.2, -0.15) is 0 Å². The van der Waals surface area contributed by atoms with Gasteiger partial charge in [-0.15, -0.1) is 11.3 Å². The molecule has 2 heterocycles. The average Bonchev–Trinajstić information content (AvgIpc) is 3.36. The van der Waals surface area contributed by atoms with Crippen LogP contribution in [0.3, 0.4) is 0 Å². The predicted molar refractivity (Wildman–Crippen MR) is 108 cm³/mol. The van der Waals surface area contributed by atoms with Crippen LogP contribution in [0.2, 0.25) is 0 Å². The summed E-state index contributed by atoms with van der Waals surface area (Å²) in [4.78, 5) is 28.8. The minimum atomic E-state index is -0.869. The van der Waals surface area contributed by atoms with Gasteiger partial charge in [0.25, 0.3) is 5.91 Å². The first-order valence-corrected chi connectivity index (χ1v) is 10.1. The molecule has 0 saturated heterocycles. The summed E-state index contributed by atoms with van der Waals surface area (Å²) in [5.74, 6) is 0.576. The van der Waals surface area contributed by atoms with E-state index in [-0.39, 0.29) is 19.1 Å². The highest BCUT2D eigenvalue weighted by Gasteiger charge is 2.19. The van der Waals surface area contributed by atoms with Crippen LogP contribution in [0.15, 0.2) is 42.5 Å². The summed E-state index contributed by atoms with van der Waals surface area (Å²) < 4.78 is 16.9. The molecule has 3 aromatic rings. The Kier molecular flexibility index (Phi) is 5.62. The molecule has 1 N–H and O–H groups in total. The number of hydrogen-bond acceptors (Lipinski definition) is 7. The Balaban J connectivity index is 1.23. The molecule has 0 fully saturated rings. The maximum atomic E-state index is 12.2. The summed E-state index contributed by atoms with van der Waals surface area (Å²) in [6.45, 7) is 2.07. The SMILES string of the molecule is CC(OC(=O)CCc1nc2ccccc2s1)C(=O)NCc1ccc2c(c1)OCO2. The number of ether oxygens (including phenoxy) is 3. The fourth-order valence-corrected chi connectivity index (χ4v) is 3.90. The Morgan fingerprint density at radius 3 is 2.90 bits per heavy atom. The Bertz CT molecular complexity index is 1020. The summed E-state index contributed by atoms with van der Waals surface area (Å²) >= 11 is 1.56. The third kappa shape index (κ3) is 4.65. The highest BCUT2D eigenvalue weighted by atomic mass is 32.1. The molecular weight excluding hydrogens is 392 g/mol. The summed E-state index contributed by atoms with van der Waals surface area (Å²) in [7, 11) is 0. The van der Waals surface area contributed by atoms with Crippen molar-refractivity contribution >= 4 is 33.4 Å².